The third-order valence-electron chi connectivity index (χ3n) is 3.91. The fourth-order valence-electron chi connectivity index (χ4n) is 2.58. The second kappa shape index (κ2) is 7.95. The van der Waals surface area contributed by atoms with Gasteiger partial charge in [-0.2, -0.15) is 0 Å². The molecular weight excluding hydrogens is 268 g/mol. The highest BCUT2D eigenvalue weighted by molar-refractivity contribution is 5.75. The van der Waals surface area contributed by atoms with Gasteiger partial charge in [-0.1, -0.05) is 6.07 Å². The molecule has 1 aliphatic heterocycles. The van der Waals surface area contributed by atoms with E-state index in [-0.39, 0.29) is 12.0 Å². The molecule has 1 atom stereocenters. The van der Waals surface area contributed by atoms with E-state index >= 15 is 0 Å². The molecule has 116 valence electrons. The quantitative estimate of drug-likeness (QED) is 0.764. The van der Waals surface area contributed by atoms with Gasteiger partial charge >= 0.3 is 5.97 Å². The second-order valence-corrected chi connectivity index (χ2v) is 5.17. The number of hydrogen-bond acceptors (Lipinski definition) is 6. The Hall–Kier alpha value is -1.66. The summed E-state index contributed by atoms with van der Waals surface area (Å²) in [5.41, 5.74) is 0. The van der Waals surface area contributed by atoms with Crippen LogP contribution in [0, 0.1) is 0 Å². The highest BCUT2D eigenvalue weighted by Gasteiger charge is 2.21. The van der Waals surface area contributed by atoms with Crippen molar-refractivity contribution in [3.63, 3.8) is 0 Å². The Morgan fingerprint density at radius 1 is 1.38 bits per heavy atom. The Balaban J connectivity index is 1.75. The summed E-state index contributed by atoms with van der Waals surface area (Å²) in [4.78, 5) is 20.6. The summed E-state index contributed by atoms with van der Waals surface area (Å²) in [6.07, 6.45) is 2.60. The van der Waals surface area contributed by atoms with Gasteiger partial charge in [0.2, 0.25) is 0 Å². The number of likely N-dealkylation sites (N-methyl/N-ethyl adjacent to an activating group) is 1. The number of rotatable bonds is 6. The SMILES string of the molecule is CNC(CCN1CCN(c2ccccn2)CC1)C(=O)OC. The number of piperazine rings is 1. The van der Waals surface area contributed by atoms with Gasteiger partial charge in [0.05, 0.1) is 7.11 Å². The van der Waals surface area contributed by atoms with E-state index in [0.29, 0.717) is 0 Å². The van der Waals surface area contributed by atoms with Crippen LogP contribution in [-0.2, 0) is 9.53 Å². The number of anilines is 1. The lowest BCUT2D eigenvalue weighted by molar-refractivity contribution is -0.143. The summed E-state index contributed by atoms with van der Waals surface area (Å²) >= 11 is 0. The molecule has 6 nitrogen and oxygen atoms in total. The molecule has 1 aliphatic rings. The number of ether oxygens (including phenoxy) is 1. The van der Waals surface area contributed by atoms with E-state index in [1.807, 2.05) is 24.4 Å². The lowest BCUT2D eigenvalue weighted by Gasteiger charge is -2.35. The Labute approximate surface area is 126 Å². The maximum atomic E-state index is 11.5. The average Bonchev–Trinajstić information content (AvgIpc) is 2.56. The van der Waals surface area contributed by atoms with Crippen LogP contribution in [0.15, 0.2) is 24.4 Å². The minimum absolute atomic E-state index is 0.190. The van der Waals surface area contributed by atoms with Crippen LogP contribution in [0.2, 0.25) is 0 Å². The summed E-state index contributed by atoms with van der Waals surface area (Å²) in [5, 5.41) is 3.01. The first kappa shape index (κ1) is 15.7. The van der Waals surface area contributed by atoms with Crippen LogP contribution in [0.1, 0.15) is 6.42 Å². The van der Waals surface area contributed by atoms with E-state index in [9.17, 15) is 4.79 Å². The molecular formula is C15H24N4O2. The Bertz CT molecular complexity index is 433. The molecule has 0 bridgehead atoms. The van der Waals surface area contributed by atoms with Gasteiger partial charge in [0.1, 0.15) is 11.9 Å². The van der Waals surface area contributed by atoms with Crippen LogP contribution < -0.4 is 10.2 Å². The topological polar surface area (TPSA) is 57.7 Å². The van der Waals surface area contributed by atoms with Crippen LogP contribution in [-0.4, -0.2) is 68.8 Å². The summed E-state index contributed by atoms with van der Waals surface area (Å²) in [6.45, 7) is 4.83. The van der Waals surface area contributed by atoms with Crippen LogP contribution in [0.5, 0.6) is 0 Å². The van der Waals surface area contributed by atoms with E-state index in [2.05, 4.69) is 20.1 Å². The van der Waals surface area contributed by atoms with Gasteiger partial charge < -0.3 is 15.0 Å². The van der Waals surface area contributed by atoms with Crippen molar-refractivity contribution in [2.24, 2.45) is 0 Å². The van der Waals surface area contributed by atoms with Crippen molar-refractivity contribution in [1.29, 1.82) is 0 Å². The highest BCUT2D eigenvalue weighted by atomic mass is 16.5. The van der Waals surface area contributed by atoms with Gasteiger partial charge in [0, 0.05) is 38.9 Å². The number of carbonyl (C=O) groups is 1. The number of carbonyl (C=O) groups excluding carboxylic acids is 1. The number of aromatic nitrogens is 1. The van der Waals surface area contributed by atoms with Crippen molar-refractivity contribution in [3.05, 3.63) is 24.4 Å². The first-order chi connectivity index (χ1) is 10.2. The van der Waals surface area contributed by atoms with Crippen molar-refractivity contribution in [3.8, 4) is 0 Å². The van der Waals surface area contributed by atoms with Gasteiger partial charge in [-0.3, -0.25) is 9.69 Å². The molecule has 1 aromatic heterocycles. The summed E-state index contributed by atoms with van der Waals surface area (Å²) in [7, 11) is 3.22. The van der Waals surface area contributed by atoms with Gasteiger partial charge in [-0.15, -0.1) is 0 Å². The van der Waals surface area contributed by atoms with Gasteiger partial charge in [-0.05, 0) is 25.6 Å². The molecule has 1 aromatic rings. The molecule has 0 aromatic carbocycles. The van der Waals surface area contributed by atoms with Gasteiger partial charge in [-0.25, -0.2) is 4.98 Å². The van der Waals surface area contributed by atoms with E-state index in [1.165, 1.54) is 7.11 Å². The Kier molecular flexibility index (Phi) is 5.95. The number of methoxy groups -OCH3 is 1. The van der Waals surface area contributed by atoms with Crippen LogP contribution in [0.4, 0.5) is 5.82 Å². The van der Waals surface area contributed by atoms with Crippen LogP contribution in [0.25, 0.3) is 0 Å². The zero-order valence-corrected chi connectivity index (χ0v) is 12.8. The molecule has 0 saturated carbocycles. The minimum atomic E-state index is -0.219. The fraction of sp³-hybridized carbons (Fsp3) is 0.600. The molecule has 2 rings (SSSR count). The zero-order valence-electron chi connectivity index (χ0n) is 12.8. The second-order valence-electron chi connectivity index (χ2n) is 5.17. The highest BCUT2D eigenvalue weighted by Crippen LogP contribution is 2.12. The number of hydrogen-bond donors (Lipinski definition) is 1. The molecule has 21 heavy (non-hydrogen) atoms. The van der Waals surface area contributed by atoms with E-state index < -0.39 is 0 Å². The third-order valence-corrected chi connectivity index (χ3v) is 3.91. The molecule has 0 radical (unpaired) electrons. The Morgan fingerprint density at radius 3 is 2.71 bits per heavy atom. The summed E-state index contributed by atoms with van der Waals surface area (Å²) < 4.78 is 4.78. The molecule has 0 aliphatic carbocycles. The summed E-state index contributed by atoms with van der Waals surface area (Å²) in [5.74, 6) is 0.851. The van der Waals surface area contributed by atoms with Crippen LogP contribution in [0.3, 0.4) is 0 Å². The van der Waals surface area contributed by atoms with Crippen molar-refractivity contribution in [1.82, 2.24) is 15.2 Å². The maximum absolute atomic E-state index is 11.5. The molecule has 2 heterocycles. The molecule has 0 spiro atoms. The molecule has 6 heteroatoms. The normalized spacial score (nSPS) is 17.5. The summed E-state index contributed by atoms with van der Waals surface area (Å²) in [6, 6.07) is 5.78. The number of esters is 1. The van der Waals surface area contributed by atoms with E-state index in [4.69, 9.17) is 4.74 Å². The van der Waals surface area contributed by atoms with E-state index in [1.54, 1.807) is 7.05 Å². The van der Waals surface area contributed by atoms with Crippen molar-refractivity contribution < 1.29 is 9.53 Å². The van der Waals surface area contributed by atoms with Crippen LogP contribution >= 0.6 is 0 Å². The maximum Gasteiger partial charge on any atom is 0.322 e. The molecule has 1 fully saturated rings. The fourth-order valence-corrected chi connectivity index (χ4v) is 2.58. The Morgan fingerprint density at radius 2 is 2.14 bits per heavy atom. The molecule has 1 N–H and O–H groups in total. The van der Waals surface area contributed by atoms with Gasteiger partial charge in [0.15, 0.2) is 0 Å². The zero-order chi connectivity index (χ0) is 15.1. The van der Waals surface area contributed by atoms with Crippen molar-refractivity contribution in [2.75, 3.05) is 51.8 Å². The minimum Gasteiger partial charge on any atom is -0.468 e. The van der Waals surface area contributed by atoms with Crippen molar-refractivity contribution >= 4 is 11.8 Å². The molecule has 1 saturated heterocycles. The predicted molar refractivity (Wildman–Crippen MR) is 82.4 cm³/mol. The smallest absolute Gasteiger partial charge is 0.322 e. The lowest BCUT2D eigenvalue weighted by Crippen LogP contribution is -2.48. The first-order valence-corrected chi connectivity index (χ1v) is 7.38. The lowest BCUT2D eigenvalue weighted by atomic mass is 10.2. The van der Waals surface area contributed by atoms with Gasteiger partial charge in [0.25, 0.3) is 0 Å². The standard InChI is InChI=1S/C15H24N4O2/c1-16-13(15(20)21-2)6-8-18-9-11-19(12-10-18)14-5-3-4-7-17-14/h3-5,7,13,16H,6,8-12H2,1-2H3. The molecule has 0 amide bonds. The van der Waals surface area contributed by atoms with E-state index in [0.717, 1.165) is 45.0 Å². The largest absolute Gasteiger partial charge is 0.468 e. The monoisotopic (exact) mass is 292 g/mol. The first-order valence-electron chi connectivity index (χ1n) is 7.38. The number of pyridine rings is 1. The average molecular weight is 292 g/mol. The number of nitrogens with zero attached hydrogens (tertiary/aromatic N) is 3. The predicted octanol–water partition coefficient (Wildman–Crippen LogP) is 0.355. The number of nitrogens with one attached hydrogen (secondary N) is 1. The molecule has 1 unspecified atom stereocenters. The van der Waals surface area contributed by atoms with Crippen molar-refractivity contribution in [2.45, 2.75) is 12.5 Å². The third kappa shape index (κ3) is 4.41.